The van der Waals surface area contributed by atoms with E-state index in [0.29, 0.717) is 29.2 Å². The number of benzene rings is 3. The fourth-order valence-electron chi connectivity index (χ4n) is 3.92. The summed E-state index contributed by atoms with van der Waals surface area (Å²) in [5.74, 6) is 0.0247. The smallest absolute Gasteiger partial charge is 0.261 e. The van der Waals surface area contributed by atoms with Crippen LogP contribution in [0, 0.1) is 0 Å². The van der Waals surface area contributed by atoms with Crippen molar-refractivity contribution in [2.24, 2.45) is 0 Å². The van der Waals surface area contributed by atoms with E-state index >= 15 is 0 Å². The molecule has 4 rings (SSSR count). The predicted molar refractivity (Wildman–Crippen MR) is 145 cm³/mol. The number of thiocarbonyl (C=S) groups is 1. The zero-order valence-electron chi connectivity index (χ0n) is 19.1. The lowest BCUT2D eigenvalue weighted by Gasteiger charge is -2.19. The molecular weight excluding hydrogens is 526 g/mol. The van der Waals surface area contributed by atoms with Crippen LogP contribution in [-0.2, 0) is 6.42 Å². The first-order chi connectivity index (χ1) is 17.0. The number of hydrogen-bond acceptors (Lipinski definition) is 4. The molecule has 1 aliphatic heterocycles. The van der Waals surface area contributed by atoms with Gasteiger partial charge in [-0.05, 0) is 61.0 Å². The number of amides is 2. The third kappa shape index (κ3) is 6.68. The van der Waals surface area contributed by atoms with Crippen LogP contribution < -0.4 is 15.4 Å². The minimum Gasteiger partial charge on any atom is -0.492 e. The number of ether oxygens (including phenoxy) is 1. The molecule has 0 saturated carbocycles. The highest BCUT2D eigenvalue weighted by Gasteiger charge is 2.22. The van der Waals surface area contributed by atoms with Crippen LogP contribution in [0.1, 0.15) is 39.1 Å². The van der Waals surface area contributed by atoms with Crippen LogP contribution in [0.2, 0.25) is 0 Å². The standard InChI is InChI=1S/C27H26BrN3O3S/c28-20-12-13-24(34-17-14-19-8-2-1-3-9-19)22(18-20)25(32)30-27(35)29-23-11-5-4-10-21(23)26(33)31-15-6-7-16-31/h1-5,8-13,18H,6-7,14-17H2,(H2,29,30,32,35). The third-order valence-electron chi connectivity index (χ3n) is 5.70. The first kappa shape index (κ1) is 24.9. The molecule has 8 heteroatoms. The summed E-state index contributed by atoms with van der Waals surface area (Å²) in [5.41, 5.74) is 2.60. The molecule has 0 bridgehead atoms. The fourth-order valence-corrected chi connectivity index (χ4v) is 4.49. The Morgan fingerprint density at radius 3 is 2.43 bits per heavy atom. The van der Waals surface area contributed by atoms with Gasteiger partial charge < -0.3 is 15.0 Å². The molecule has 0 spiro atoms. The third-order valence-corrected chi connectivity index (χ3v) is 6.40. The van der Waals surface area contributed by atoms with Crippen molar-refractivity contribution >= 4 is 50.8 Å². The van der Waals surface area contributed by atoms with Crippen molar-refractivity contribution in [2.75, 3.05) is 25.0 Å². The fraction of sp³-hybridized carbons (Fsp3) is 0.222. The van der Waals surface area contributed by atoms with Gasteiger partial charge in [0.05, 0.1) is 23.4 Å². The van der Waals surface area contributed by atoms with Crippen LogP contribution in [0.25, 0.3) is 0 Å². The first-order valence-electron chi connectivity index (χ1n) is 11.5. The number of anilines is 1. The number of para-hydroxylation sites is 1. The number of rotatable bonds is 7. The highest BCUT2D eigenvalue weighted by Crippen LogP contribution is 2.24. The van der Waals surface area contributed by atoms with E-state index in [0.717, 1.165) is 42.4 Å². The van der Waals surface area contributed by atoms with E-state index in [2.05, 4.69) is 26.6 Å². The van der Waals surface area contributed by atoms with Crippen molar-refractivity contribution in [3.05, 3.63) is 94.0 Å². The number of carbonyl (C=O) groups excluding carboxylic acids is 2. The van der Waals surface area contributed by atoms with Crippen LogP contribution in [-0.4, -0.2) is 41.5 Å². The first-order valence-corrected chi connectivity index (χ1v) is 12.7. The van der Waals surface area contributed by atoms with Crippen molar-refractivity contribution in [1.29, 1.82) is 0 Å². The van der Waals surface area contributed by atoms with Gasteiger partial charge in [0, 0.05) is 24.0 Å². The van der Waals surface area contributed by atoms with E-state index in [1.54, 1.807) is 24.3 Å². The molecule has 1 fully saturated rings. The monoisotopic (exact) mass is 551 g/mol. The molecule has 6 nitrogen and oxygen atoms in total. The minimum atomic E-state index is -0.401. The summed E-state index contributed by atoms with van der Waals surface area (Å²) in [5, 5.41) is 5.83. The molecular formula is C27H26BrN3O3S. The lowest BCUT2D eigenvalue weighted by molar-refractivity contribution is 0.0793. The maximum absolute atomic E-state index is 13.1. The number of likely N-dealkylation sites (tertiary alicyclic amines) is 1. The van der Waals surface area contributed by atoms with Gasteiger partial charge in [-0.1, -0.05) is 58.4 Å². The number of nitrogens with zero attached hydrogens (tertiary/aromatic N) is 1. The van der Waals surface area contributed by atoms with E-state index in [-0.39, 0.29) is 11.0 Å². The molecule has 0 aromatic heterocycles. The lowest BCUT2D eigenvalue weighted by atomic mass is 10.1. The van der Waals surface area contributed by atoms with E-state index in [4.69, 9.17) is 17.0 Å². The van der Waals surface area contributed by atoms with E-state index in [1.807, 2.05) is 53.4 Å². The van der Waals surface area contributed by atoms with Crippen LogP contribution in [0.4, 0.5) is 5.69 Å². The van der Waals surface area contributed by atoms with Crippen LogP contribution in [0.15, 0.2) is 77.3 Å². The molecule has 0 radical (unpaired) electrons. The Balaban J connectivity index is 1.41. The van der Waals surface area contributed by atoms with Crippen molar-refractivity contribution in [1.82, 2.24) is 10.2 Å². The topological polar surface area (TPSA) is 70.7 Å². The van der Waals surface area contributed by atoms with E-state index in [9.17, 15) is 9.59 Å². The Morgan fingerprint density at radius 1 is 0.943 bits per heavy atom. The minimum absolute atomic E-state index is 0.0409. The van der Waals surface area contributed by atoms with Crippen LogP contribution in [0.3, 0.4) is 0 Å². The average Bonchev–Trinajstić information content (AvgIpc) is 3.40. The van der Waals surface area contributed by atoms with E-state index < -0.39 is 5.91 Å². The summed E-state index contributed by atoms with van der Waals surface area (Å²) < 4.78 is 6.68. The number of hydrogen-bond donors (Lipinski definition) is 2. The highest BCUT2D eigenvalue weighted by atomic mass is 79.9. The summed E-state index contributed by atoms with van der Waals surface area (Å²) in [7, 11) is 0. The van der Waals surface area contributed by atoms with Crippen molar-refractivity contribution < 1.29 is 14.3 Å². The predicted octanol–water partition coefficient (Wildman–Crippen LogP) is 5.43. The maximum Gasteiger partial charge on any atom is 0.261 e. The molecule has 0 unspecified atom stereocenters. The second-order valence-corrected chi connectivity index (χ2v) is 9.50. The summed E-state index contributed by atoms with van der Waals surface area (Å²) in [6, 6.07) is 22.5. The second-order valence-electron chi connectivity index (χ2n) is 8.18. The van der Waals surface area contributed by atoms with Gasteiger partial charge in [-0.3, -0.25) is 14.9 Å². The van der Waals surface area contributed by atoms with Crippen molar-refractivity contribution in [3.8, 4) is 5.75 Å². The Hall–Kier alpha value is -3.23. The number of halogens is 1. The van der Waals surface area contributed by atoms with Gasteiger partial charge in [-0.15, -0.1) is 0 Å². The SMILES string of the molecule is O=C(NC(=S)Nc1ccccc1C(=O)N1CCCC1)c1cc(Br)ccc1OCCc1ccccc1. The van der Waals surface area contributed by atoms with E-state index in [1.165, 1.54) is 0 Å². The maximum atomic E-state index is 13.1. The Labute approximate surface area is 218 Å². The van der Waals surface area contributed by atoms with Gasteiger partial charge in [-0.25, -0.2) is 0 Å². The summed E-state index contributed by atoms with van der Waals surface area (Å²) in [6.45, 7) is 1.94. The van der Waals surface area contributed by atoms with Gasteiger partial charge in [0.1, 0.15) is 5.75 Å². The summed E-state index contributed by atoms with van der Waals surface area (Å²) in [6.07, 6.45) is 2.75. The molecule has 1 saturated heterocycles. The van der Waals surface area contributed by atoms with Crippen LogP contribution >= 0.6 is 28.1 Å². The normalized spacial score (nSPS) is 12.8. The Morgan fingerprint density at radius 2 is 1.66 bits per heavy atom. The molecule has 3 aromatic carbocycles. The summed E-state index contributed by atoms with van der Waals surface area (Å²) >= 11 is 8.82. The quantitative estimate of drug-likeness (QED) is 0.383. The van der Waals surface area contributed by atoms with Crippen molar-refractivity contribution in [2.45, 2.75) is 19.3 Å². The molecule has 35 heavy (non-hydrogen) atoms. The summed E-state index contributed by atoms with van der Waals surface area (Å²) in [4.78, 5) is 27.8. The molecule has 1 aliphatic rings. The highest BCUT2D eigenvalue weighted by molar-refractivity contribution is 9.10. The second kappa shape index (κ2) is 12.0. The van der Waals surface area contributed by atoms with Gasteiger partial charge in [0.15, 0.2) is 5.11 Å². The zero-order valence-corrected chi connectivity index (χ0v) is 21.5. The van der Waals surface area contributed by atoms with Gasteiger partial charge in [-0.2, -0.15) is 0 Å². The zero-order chi connectivity index (χ0) is 24.6. The molecule has 180 valence electrons. The largest absolute Gasteiger partial charge is 0.492 e. The molecule has 2 N–H and O–H groups in total. The van der Waals surface area contributed by atoms with Gasteiger partial charge >= 0.3 is 0 Å². The molecule has 0 aliphatic carbocycles. The molecule has 3 aromatic rings. The Bertz CT molecular complexity index is 1210. The molecule has 0 atom stereocenters. The van der Waals surface area contributed by atoms with Crippen molar-refractivity contribution in [3.63, 3.8) is 0 Å². The average molecular weight is 552 g/mol. The molecule has 2 amide bonds. The number of carbonyl (C=O) groups is 2. The number of nitrogens with one attached hydrogen (secondary N) is 2. The lowest BCUT2D eigenvalue weighted by Crippen LogP contribution is -2.35. The van der Waals surface area contributed by atoms with Gasteiger partial charge in [0.25, 0.3) is 11.8 Å². The van der Waals surface area contributed by atoms with Gasteiger partial charge in [0.2, 0.25) is 0 Å². The van der Waals surface area contributed by atoms with Crippen LogP contribution in [0.5, 0.6) is 5.75 Å². The molecule has 1 heterocycles. The Kier molecular flexibility index (Phi) is 8.50.